The van der Waals surface area contributed by atoms with Gasteiger partial charge < -0.3 is 10.6 Å². The number of carbonyl (C=O) groups excluding carboxylic acids is 2. The fraction of sp³-hybridized carbons (Fsp3) is 0.190. The molecule has 6 heteroatoms. The lowest BCUT2D eigenvalue weighted by molar-refractivity contribution is 0.0962. The van der Waals surface area contributed by atoms with Crippen LogP contribution < -0.4 is 10.6 Å². The minimum Gasteiger partial charge on any atom is -0.355 e. The number of hydrogen-bond donors (Lipinski definition) is 2. The third-order valence-corrected chi connectivity index (χ3v) is 4.78. The van der Waals surface area contributed by atoms with Gasteiger partial charge in [-0.05, 0) is 55.7 Å². The smallest absolute Gasteiger partial charge is 0.276 e. The quantitative estimate of drug-likeness (QED) is 0.751. The van der Waals surface area contributed by atoms with Crippen LogP contribution in [0.4, 0.5) is 5.69 Å². The molecule has 0 saturated heterocycles. The lowest BCUT2D eigenvalue weighted by Crippen LogP contribution is -2.18. The van der Waals surface area contributed by atoms with Gasteiger partial charge in [0, 0.05) is 29.6 Å². The number of para-hydroxylation sites is 1. The number of rotatable bonds is 4. The van der Waals surface area contributed by atoms with Crippen LogP contribution in [0.5, 0.6) is 0 Å². The maximum atomic E-state index is 12.8. The monoisotopic (exact) mass is 360 g/mol. The summed E-state index contributed by atoms with van der Waals surface area (Å²) < 4.78 is 1.88. The van der Waals surface area contributed by atoms with Crippen LogP contribution in [0.1, 0.15) is 38.5 Å². The van der Waals surface area contributed by atoms with E-state index in [0.717, 1.165) is 36.2 Å². The van der Waals surface area contributed by atoms with Crippen LogP contribution in [0.3, 0.4) is 0 Å². The first-order chi connectivity index (χ1) is 13.2. The molecule has 6 nitrogen and oxygen atoms in total. The summed E-state index contributed by atoms with van der Waals surface area (Å²) in [5.74, 6) is -0.386. The summed E-state index contributed by atoms with van der Waals surface area (Å²) in [4.78, 5) is 24.4. The molecule has 3 aromatic rings. The van der Waals surface area contributed by atoms with Gasteiger partial charge in [-0.1, -0.05) is 18.2 Å². The van der Waals surface area contributed by atoms with Gasteiger partial charge in [-0.2, -0.15) is 5.10 Å². The zero-order chi connectivity index (χ0) is 18.8. The second-order valence-electron chi connectivity index (χ2n) is 6.49. The van der Waals surface area contributed by atoms with Crippen LogP contribution in [0, 0.1) is 0 Å². The second kappa shape index (κ2) is 7.07. The first-order valence-electron chi connectivity index (χ1n) is 8.97. The van der Waals surface area contributed by atoms with Gasteiger partial charge in [0.1, 0.15) is 0 Å². The third kappa shape index (κ3) is 3.21. The summed E-state index contributed by atoms with van der Waals surface area (Å²) in [6, 6.07) is 16.7. The zero-order valence-corrected chi connectivity index (χ0v) is 15.0. The van der Waals surface area contributed by atoms with Gasteiger partial charge in [0.15, 0.2) is 5.69 Å². The number of nitrogens with zero attached hydrogens (tertiary/aromatic N) is 2. The highest BCUT2D eigenvalue weighted by atomic mass is 16.2. The predicted molar refractivity (Wildman–Crippen MR) is 103 cm³/mol. The lowest BCUT2D eigenvalue weighted by Gasteiger charge is -2.06. The molecule has 2 amide bonds. The van der Waals surface area contributed by atoms with Crippen molar-refractivity contribution in [3.63, 3.8) is 0 Å². The molecule has 1 aliphatic carbocycles. The lowest BCUT2D eigenvalue weighted by atomic mass is 10.1. The van der Waals surface area contributed by atoms with Crippen LogP contribution >= 0.6 is 0 Å². The number of benzene rings is 2. The normalized spacial score (nSPS) is 12.5. The summed E-state index contributed by atoms with van der Waals surface area (Å²) in [5, 5.41) is 10.1. The summed E-state index contributed by atoms with van der Waals surface area (Å²) >= 11 is 0. The zero-order valence-electron chi connectivity index (χ0n) is 15.0. The minimum absolute atomic E-state index is 0.160. The number of hydrogen-bond acceptors (Lipinski definition) is 3. The third-order valence-electron chi connectivity index (χ3n) is 4.78. The van der Waals surface area contributed by atoms with Crippen molar-refractivity contribution >= 4 is 17.5 Å². The Bertz CT molecular complexity index is 991. The molecule has 1 aromatic heterocycles. The van der Waals surface area contributed by atoms with Crippen molar-refractivity contribution in [2.24, 2.45) is 0 Å². The van der Waals surface area contributed by atoms with Gasteiger partial charge in [-0.3, -0.25) is 9.59 Å². The molecule has 0 spiro atoms. The van der Waals surface area contributed by atoms with Crippen molar-refractivity contribution in [2.45, 2.75) is 19.3 Å². The Hall–Kier alpha value is -3.41. The molecule has 1 aliphatic rings. The topological polar surface area (TPSA) is 76.0 Å². The Balaban J connectivity index is 1.60. The molecule has 1 heterocycles. The van der Waals surface area contributed by atoms with Gasteiger partial charge in [0.05, 0.1) is 5.69 Å². The Morgan fingerprint density at radius 3 is 2.41 bits per heavy atom. The number of fused-ring (bicyclic) bond motifs is 1. The number of carbonyl (C=O) groups is 2. The fourth-order valence-corrected chi connectivity index (χ4v) is 3.44. The molecule has 0 radical (unpaired) electrons. The van der Waals surface area contributed by atoms with Crippen molar-refractivity contribution in [2.75, 3.05) is 12.4 Å². The van der Waals surface area contributed by atoms with Gasteiger partial charge in [0.2, 0.25) is 0 Å². The van der Waals surface area contributed by atoms with Crippen LogP contribution in [-0.4, -0.2) is 28.6 Å². The highest BCUT2D eigenvalue weighted by molar-refractivity contribution is 6.04. The highest BCUT2D eigenvalue weighted by Crippen LogP contribution is 2.28. The summed E-state index contributed by atoms with van der Waals surface area (Å²) in [5.41, 5.74) is 4.75. The van der Waals surface area contributed by atoms with Crippen LogP contribution in [0.15, 0.2) is 54.6 Å². The summed E-state index contributed by atoms with van der Waals surface area (Å²) in [6.07, 6.45) is 2.81. The fourth-order valence-electron chi connectivity index (χ4n) is 3.44. The maximum Gasteiger partial charge on any atom is 0.276 e. The van der Waals surface area contributed by atoms with Gasteiger partial charge >= 0.3 is 0 Å². The largest absolute Gasteiger partial charge is 0.355 e. The van der Waals surface area contributed by atoms with E-state index in [1.54, 1.807) is 31.3 Å². The summed E-state index contributed by atoms with van der Waals surface area (Å²) in [7, 11) is 1.58. The molecule has 0 unspecified atom stereocenters. The van der Waals surface area contributed by atoms with Gasteiger partial charge in [-0.15, -0.1) is 0 Å². The Morgan fingerprint density at radius 1 is 0.963 bits per heavy atom. The van der Waals surface area contributed by atoms with E-state index in [-0.39, 0.29) is 11.8 Å². The summed E-state index contributed by atoms with van der Waals surface area (Å²) in [6.45, 7) is 0. The van der Waals surface area contributed by atoms with E-state index in [2.05, 4.69) is 15.7 Å². The molecule has 136 valence electrons. The van der Waals surface area contributed by atoms with Crippen molar-refractivity contribution < 1.29 is 9.59 Å². The average Bonchev–Trinajstić information content (AvgIpc) is 3.31. The van der Waals surface area contributed by atoms with Crippen LogP contribution in [-0.2, 0) is 12.8 Å². The second-order valence-corrected chi connectivity index (χ2v) is 6.49. The first-order valence-corrected chi connectivity index (χ1v) is 8.97. The van der Waals surface area contributed by atoms with Gasteiger partial charge in [-0.25, -0.2) is 4.68 Å². The van der Waals surface area contributed by atoms with E-state index in [9.17, 15) is 9.59 Å². The molecule has 2 aromatic carbocycles. The molecular formula is C21H20N4O2. The van der Waals surface area contributed by atoms with E-state index in [1.807, 2.05) is 35.0 Å². The molecule has 0 aliphatic heterocycles. The predicted octanol–water partition coefficient (Wildman–Crippen LogP) is 2.97. The van der Waals surface area contributed by atoms with Crippen LogP contribution in [0.25, 0.3) is 5.69 Å². The number of aromatic nitrogens is 2. The standard InChI is InChI=1S/C21H20N4O2/c1-22-20(26)14-10-12-15(13-11-14)23-21(27)19-17-8-5-9-18(17)25(24-19)16-6-3-2-4-7-16/h2-4,6-7,10-13H,5,8-9H2,1H3,(H,22,26)(H,23,27). The van der Waals surface area contributed by atoms with Crippen molar-refractivity contribution in [3.05, 3.63) is 77.1 Å². The SMILES string of the molecule is CNC(=O)c1ccc(NC(=O)c2nn(-c3ccccc3)c3c2CCC3)cc1. The molecule has 0 fully saturated rings. The van der Waals surface area contributed by atoms with Crippen LogP contribution in [0.2, 0.25) is 0 Å². The number of anilines is 1. The maximum absolute atomic E-state index is 12.8. The van der Waals surface area contributed by atoms with E-state index in [4.69, 9.17) is 0 Å². The van der Waals surface area contributed by atoms with E-state index >= 15 is 0 Å². The molecule has 0 bridgehead atoms. The number of amides is 2. The van der Waals surface area contributed by atoms with E-state index in [0.29, 0.717) is 16.9 Å². The molecule has 4 rings (SSSR count). The van der Waals surface area contributed by atoms with Crippen molar-refractivity contribution in [3.8, 4) is 5.69 Å². The molecule has 2 N–H and O–H groups in total. The number of nitrogens with one attached hydrogen (secondary N) is 2. The minimum atomic E-state index is -0.226. The molecule has 27 heavy (non-hydrogen) atoms. The van der Waals surface area contributed by atoms with Crippen molar-refractivity contribution in [1.29, 1.82) is 0 Å². The van der Waals surface area contributed by atoms with E-state index < -0.39 is 0 Å². The Labute approximate surface area is 157 Å². The molecule has 0 atom stereocenters. The van der Waals surface area contributed by atoms with Crippen molar-refractivity contribution in [1.82, 2.24) is 15.1 Å². The first kappa shape index (κ1) is 17.0. The average molecular weight is 360 g/mol. The molecule has 0 saturated carbocycles. The Morgan fingerprint density at radius 2 is 1.70 bits per heavy atom. The van der Waals surface area contributed by atoms with Gasteiger partial charge in [0.25, 0.3) is 11.8 Å². The highest BCUT2D eigenvalue weighted by Gasteiger charge is 2.27. The Kier molecular flexibility index (Phi) is 4.46. The van der Waals surface area contributed by atoms with E-state index in [1.165, 1.54) is 0 Å². The molecular weight excluding hydrogens is 340 g/mol.